The van der Waals surface area contributed by atoms with Gasteiger partial charge in [-0.15, -0.1) is 0 Å². The van der Waals surface area contributed by atoms with Crippen molar-refractivity contribution in [1.82, 2.24) is 4.90 Å². The molecule has 0 fully saturated rings. The molecule has 20 heavy (non-hydrogen) atoms. The van der Waals surface area contributed by atoms with Crippen molar-refractivity contribution in [3.63, 3.8) is 0 Å². The Morgan fingerprint density at radius 1 is 1.05 bits per heavy atom. The Labute approximate surface area is 121 Å². The number of nitrogens with zero attached hydrogens (tertiary/aromatic N) is 1. The van der Waals surface area contributed by atoms with Crippen LogP contribution in [0.5, 0.6) is 11.5 Å². The average Bonchev–Trinajstić information content (AvgIpc) is 2.45. The van der Waals surface area contributed by atoms with E-state index in [1.165, 1.54) is 0 Å². The molecule has 0 radical (unpaired) electrons. The summed E-state index contributed by atoms with van der Waals surface area (Å²) in [6, 6.07) is 5.50. The molecule has 0 saturated heterocycles. The zero-order valence-corrected chi connectivity index (χ0v) is 12.6. The van der Waals surface area contributed by atoms with Crippen molar-refractivity contribution in [2.75, 3.05) is 47.6 Å². The molecular weight excluding hydrogens is 258 g/mol. The molecule has 0 aliphatic carbocycles. The number of rotatable bonds is 10. The number of aromatic hydroxyl groups is 1. The molecular formula is C15H25NO4. The fourth-order valence-electron chi connectivity index (χ4n) is 2.01. The number of phenols is 1. The average molecular weight is 283 g/mol. The molecule has 0 atom stereocenters. The third-order valence-electron chi connectivity index (χ3n) is 3.08. The van der Waals surface area contributed by atoms with Crippen LogP contribution in [0.1, 0.15) is 12.0 Å². The van der Waals surface area contributed by atoms with Crippen LogP contribution in [-0.4, -0.2) is 57.6 Å². The molecule has 5 nitrogen and oxygen atoms in total. The summed E-state index contributed by atoms with van der Waals surface area (Å²) in [6.07, 6.45) is 0.975. The van der Waals surface area contributed by atoms with Crippen molar-refractivity contribution in [3.8, 4) is 11.5 Å². The molecule has 5 heteroatoms. The monoisotopic (exact) mass is 283 g/mol. The first-order valence-electron chi connectivity index (χ1n) is 6.77. The highest BCUT2D eigenvalue weighted by atomic mass is 16.5. The zero-order valence-electron chi connectivity index (χ0n) is 12.6. The second-order valence-electron chi connectivity index (χ2n) is 4.62. The number of ether oxygens (including phenoxy) is 3. The van der Waals surface area contributed by atoms with Gasteiger partial charge in [-0.05, 0) is 24.1 Å². The fraction of sp³-hybridized carbons (Fsp3) is 0.600. The van der Waals surface area contributed by atoms with Gasteiger partial charge in [0.05, 0.1) is 13.7 Å². The maximum Gasteiger partial charge on any atom is 0.160 e. The molecule has 1 rings (SSSR count). The van der Waals surface area contributed by atoms with E-state index in [9.17, 15) is 5.11 Å². The fourth-order valence-corrected chi connectivity index (χ4v) is 2.01. The van der Waals surface area contributed by atoms with Crippen LogP contribution < -0.4 is 4.74 Å². The van der Waals surface area contributed by atoms with E-state index in [2.05, 4.69) is 4.90 Å². The highest BCUT2D eigenvalue weighted by Gasteiger charge is 2.08. The Hall–Kier alpha value is -1.30. The Bertz CT molecular complexity index is 384. The lowest BCUT2D eigenvalue weighted by molar-refractivity contribution is 0.129. The minimum atomic E-state index is 0.175. The summed E-state index contributed by atoms with van der Waals surface area (Å²) in [5.74, 6) is 0.671. The summed E-state index contributed by atoms with van der Waals surface area (Å²) in [5, 5.41) is 9.81. The summed E-state index contributed by atoms with van der Waals surface area (Å²) in [4.78, 5) is 2.28. The summed E-state index contributed by atoms with van der Waals surface area (Å²) < 4.78 is 15.3. The number of methoxy groups -OCH3 is 3. The normalized spacial score (nSPS) is 11.0. The maximum atomic E-state index is 9.81. The van der Waals surface area contributed by atoms with Gasteiger partial charge in [0.15, 0.2) is 11.5 Å². The molecule has 1 aromatic rings. The van der Waals surface area contributed by atoms with E-state index >= 15 is 0 Å². The van der Waals surface area contributed by atoms with Gasteiger partial charge in [0, 0.05) is 40.5 Å². The van der Waals surface area contributed by atoms with Crippen molar-refractivity contribution in [2.24, 2.45) is 0 Å². The van der Waals surface area contributed by atoms with Crippen molar-refractivity contribution >= 4 is 0 Å². The van der Waals surface area contributed by atoms with E-state index in [4.69, 9.17) is 14.2 Å². The second-order valence-corrected chi connectivity index (χ2v) is 4.62. The zero-order chi connectivity index (χ0) is 14.8. The van der Waals surface area contributed by atoms with Gasteiger partial charge in [-0.3, -0.25) is 4.90 Å². The van der Waals surface area contributed by atoms with Gasteiger partial charge in [-0.25, -0.2) is 0 Å². The van der Waals surface area contributed by atoms with Crippen LogP contribution in [0.4, 0.5) is 0 Å². The summed E-state index contributed by atoms with van der Waals surface area (Å²) >= 11 is 0. The predicted octanol–water partition coefficient (Wildman–Crippen LogP) is 1.89. The Morgan fingerprint density at radius 2 is 1.80 bits per heavy atom. The van der Waals surface area contributed by atoms with E-state index in [-0.39, 0.29) is 5.75 Å². The van der Waals surface area contributed by atoms with Gasteiger partial charge in [0.2, 0.25) is 0 Å². The smallest absolute Gasteiger partial charge is 0.160 e. The Kier molecular flexibility index (Phi) is 8.02. The number of phenolic OH excluding ortho intramolecular Hbond substituents is 1. The van der Waals surface area contributed by atoms with E-state index in [0.29, 0.717) is 12.4 Å². The molecule has 0 saturated carbocycles. The molecule has 0 bridgehead atoms. The summed E-state index contributed by atoms with van der Waals surface area (Å²) in [6.45, 7) is 3.99. The summed E-state index contributed by atoms with van der Waals surface area (Å²) in [7, 11) is 4.96. The summed E-state index contributed by atoms with van der Waals surface area (Å²) in [5.41, 5.74) is 1.05. The third kappa shape index (κ3) is 5.77. The highest BCUT2D eigenvalue weighted by molar-refractivity contribution is 5.41. The quantitative estimate of drug-likeness (QED) is 0.665. The standard InChI is InChI=1S/C15H25NO4/c1-18-9-4-7-16(8-10-19-2)12-13-5-6-15(20-3)14(17)11-13/h5-6,11,17H,4,7-10,12H2,1-3H3. The molecule has 0 spiro atoms. The highest BCUT2D eigenvalue weighted by Crippen LogP contribution is 2.26. The van der Waals surface area contributed by atoms with Crippen molar-refractivity contribution in [2.45, 2.75) is 13.0 Å². The van der Waals surface area contributed by atoms with E-state index in [0.717, 1.165) is 38.2 Å². The topological polar surface area (TPSA) is 51.2 Å². The predicted molar refractivity (Wildman–Crippen MR) is 78.3 cm³/mol. The van der Waals surface area contributed by atoms with E-state index in [1.54, 1.807) is 33.5 Å². The van der Waals surface area contributed by atoms with E-state index < -0.39 is 0 Å². The van der Waals surface area contributed by atoms with Gasteiger partial charge in [0.1, 0.15) is 0 Å². The molecule has 114 valence electrons. The number of hydrogen-bond donors (Lipinski definition) is 1. The lowest BCUT2D eigenvalue weighted by Crippen LogP contribution is -2.28. The van der Waals surface area contributed by atoms with Crippen LogP contribution in [0.25, 0.3) is 0 Å². The first kappa shape index (κ1) is 16.8. The number of benzene rings is 1. The first-order valence-corrected chi connectivity index (χ1v) is 6.77. The van der Waals surface area contributed by atoms with Gasteiger partial charge < -0.3 is 19.3 Å². The van der Waals surface area contributed by atoms with Crippen molar-refractivity contribution < 1.29 is 19.3 Å². The van der Waals surface area contributed by atoms with Gasteiger partial charge in [-0.2, -0.15) is 0 Å². The SMILES string of the molecule is COCCCN(CCOC)Cc1ccc(OC)c(O)c1. The van der Waals surface area contributed by atoms with E-state index in [1.807, 2.05) is 6.07 Å². The minimum absolute atomic E-state index is 0.175. The van der Waals surface area contributed by atoms with Gasteiger partial charge in [0.25, 0.3) is 0 Å². The van der Waals surface area contributed by atoms with Crippen LogP contribution in [0, 0.1) is 0 Å². The van der Waals surface area contributed by atoms with Crippen LogP contribution in [-0.2, 0) is 16.0 Å². The van der Waals surface area contributed by atoms with Crippen molar-refractivity contribution in [1.29, 1.82) is 0 Å². The Morgan fingerprint density at radius 3 is 2.40 bits per heavy atom. The molecule has 0 aliphatic heterocycles. The molecule has 0 heterocycles. The molecule has 0 aromatic heterocycles. The lowest BCUT2D eigenvalue weighted by Gasteiger charge is -2.22. The molecule has 1 N–H and O–H groups in total. The lowest BCUT2D eigenvalue weighted by atomic mass is 10.2. The minimum Gasteiger partial charge on any atom is -0.504 e. The maximum absolute atomic E-state index is 9.81. The van der Waals surface area contributed by atoms with Crippen LogP contribution in [0.3, 0.4) is 0 Å². The van der Waals surface area contributed by atoms with Crippen LogP contribution in [0.15, 0.2) is 18.2 Å². The van der Waals surface area contributed by atoms with Gasteiger partial charge in [-0.1, -0.05) is 6.07 Å². The molecule has 0 unspecified atom stereocenters. The van der Waals surface area contributed by atoms with Crippen molar-refractivity contribution in [3.05, 3.63) is 23.8 Å². The number of hydrogen-bond acceptors (Lipinski definition) is 5. The first-order chi connectivity index (χ1) is 9.71. The molecule has 0 aliphatic rings. The largest absolute Gasteiger partial charge is 0.504 e. The third-order valence-corrected chi connectivity index (χ3v) is 3.08. The van der Waals surface area contributed by atoms with Crippen LogP contribution in [0.2, 0.25) is 0 Å². The molecule has 1 aromatic carbocycles. The van der Waals surface area contributed by atoms with Crippen LogP contribution >= 0.6 is 0 Å². The molecule has 0 amide bonds. The van der Waals surface area contributed by atoms with Gasteiger partial charge >= 0.3 is 0 Å². The Balaban J connectivity index is 2.60. The second kappa shape index (κ2) is 9.58.